The number of piperidine rings is 1. The zero-order valence-corrected chi connectivity index (χ0v) is 21.0. The van der Waals surface area contributed by atoms with Crippen LogP contribution < -0.4 is 14.5 Å². The minimum atomic E-state index is -4.57. The van der Waals surface area contributed by atoms with Crippen molar-refractivity contribution in [2.75, 3.05) is 62.7 Å². The number of nitrogens with zero attached hydrogens (tertiary/aromatic N) is 6. The van der Waals surface area contributed by atoms with Crippen molar-refractivity contribution in [3.05, 3.63) is 34.7 Å². The van der Waals surface area contributed by atoms with E-state index in [1.807, 2.05) is 24.0 Å². The first-order chi connectivity index (χ1) is 17.2. The lowest BCUT2D eigenvalue weighted by Crippen LogP contribution is -2.47. The van der Waals surface area contributed by atoms with Gasteiger partial charge < -0.3 is 19.4 Å². The van der Waals surface area contributed by atoms with E-state index in [0.29, 0.717) is 43.7 Å². The van der Waals surface area contributed by atoms with Crippen molar-refractivity contribution >= 4 is 34.1 Å². The molecular formula is C24H29ClF3N7O. The van der Waals surface area contributed by atoms with Crippen LogP contribution in [0.1, 0.15) is 24.1 Å². The van der Waals surface area contributed by atoms with E-state index >= 15 is 0 Å². The predicted molar refractivity (Wildman–Crippen MR) is 133 cm³/mol. The number of hydrogen-bond donors (Lipinski definition) is 1. The Morgan fingerprint density at radius 2 is 1.75 bits per heavy atom. The van der Waals surface area contributed by atoms with Crippen molar-refractivity contribution in [1.29, 1.82) is 0 Å². The highest BCUT2D eigenvalue weighted by atomic mass is 35.5. The highest BCUT2D eigenvalue weighted by molar-refractivity contribution is 6.31. The molecule has 0 aliphatic carbocycles. The minimum Gasteiger partial charge on any atom is -0.493 e. The van der Waals surface area contributed by atoms with Crippen LogP contribution in [-0.4, -0.2) is 78.0 Å². The van der Waals surface area contributed by atoms with Gasteiger partial charge in [0.1, 0.15) is 17.9 Å². The molecule has 5 rings (SSSR count). The van der Waals surface area contributed by atoms with Crippen LogP contribution in [0.25, 0.3) is 11.0 Å². The second-order valence-corrected chi connectivity index (χ2v) is 10.0. The Bertz CT molecular complexity index is 1220. The maximum Gasteiger partial charge on any atom is 0.433 e. The summed E-state index contributed by atoms with van der Waals surface area (Å²) in [6.07, 6.45) is -1.08. The lowest BCUT2D eigenvalue weighted by molar-refractivity contribution is -0.139. The smallest absolute Gasteiger partial charge is 0.433 e. The highest BCUT2D eigenvalue weighted by Gasteiger charge is 2.38. The third-order valence-corrected chi connectivity index (χ3v) is 7.36. The third kappa shape index (κ3) is 5.04. The van der Waals surface area contributed by atoms with Gasteiger partial charge in [-0.15, -0.1) is 0 Å². The van der Waals surface area contributed by atoms with Gasteiger partial charge in [0.05, 0.1) is 12.0 Å². The first-order valence-corrected chi connectivity index (χ1v) is 12.5. The van der Waals surface area contributed by atoms with E-state index < -0.39 is 11.9 Å². The average molecular weight is 524 g/mol. The molecule has 0 radical (unpaired) electrons. The Hall–Kier alpha value is -2.79. The Balaban J connectivity index is 1.30. The van der Waals surface area contributed by atoms with Gasteiger partial charge in [0.25, 0.3) is 0 Å². The molecule has 2 fully saturated rings. The Kier molecular flexibility index (Phi) is 6.86. The quantitative estimate of drug-likeness (QED) is 0.532. The van der Waals surface area contributed by atoms with Gasteiger partial charge in [0.2, 0.25) is 0 Å². The number of likely N-dealkylation sites (tertiary alicyclic amines) is 1. The second kappa shape index (κ2) is 9.93. The van der Waals surface area contributed by atoms with Gasteiger partial charge in [-0.3, -0.25) is 5.10 Å². The van der Waals surface area contributed by atoms with Gasteiger partial charge in [-0.1, -0.05) is 11.6 Å². The molecule has 4 heterocycles. The van der Waals surface area contributed by atoms with Crippen LogP contribution in [0.4, 0.5) is 24.7 Å². The number of aromatic amines is 1. The Labute approximate surface area is 212 Å². The Morgan fingerprint density at radius 1 is 1.06 bits per heavy atom. The molecule has 2 aliphatic rings. The molecule has 194 valence electrons. The van der Waals surface area contributed by atoms with Crippen LogP contribution in [0.2, 0.25) is 5.02 Å². The number of benzene rings is 1. The summed E-state index contributed by atoms with van der Waals surface area (Å²) in [6, 6.07) is 3.79. The van der Waals surface area contributed by atoms with E-state index in [0.717, 1.165) is 42.9 Å². The molecular weight excluding hydrogens is 495 g/mol. The lowest BCUT2D eigenvalue weighted by Gasteiger charge is -2.38. The van der Waals surface area contributed by atoms with Crippen LogP contribution in [0.15, 0.2) is 18.5 Å². The molecule has 0 bridgehead atoms. The fourth-order valence-electron chi connectivity index (χ4n) is 5.00. The summed E-state index contributed by atoms with van der Waals surface area (Å²) in [5.74, 6) is 1.55. The summed E-state index contributed by atoms with van der Waals surface area (Å²) in [7, 11) is 2.14. The molecule has 36 heavy (non-hydrogen) atoms. The summed E-state index contributed by atoms with van der Waals surface area (Å²) in [6.45, 7) is 7.04. The van der Waals surface area contributed by atoms with Crippen molar-refractivity contribution in [3.8, 4) is 5.75 Å². The van der Waals surface area contributed by atoms with Crippen LogP contribution in [0.3, 0.4) is 0 Å². The van der Waals surface area contributed by atoms with E-state index in [-0.39, 0.29) is 16.9 Å². The van der Waals surface area contributed by atoms with E-state index in [4.69, 9.17) is 16.3 Å². The first kappa shape index (κ1) is 24.9. The molecule has 8 nitrogen and oxygen atoms in total. The van der Waals surface area contributed by atoms with Crippen LogP contribution in [-0.2, 0) is 6.18 Å². The lowest BCUT2D eigenvalue weighted by atomic mass is 9.98. The van der Waals surface area contributed by atoms with Gasteiger partial charge in [-0.2, -0.15) is 18.3 Å². The zero-order chi connectivity index (χ0) is 25.4. The Morgan fingerprint density at radius 3 is 2.44 bits per heavy atom. The molecule has 0 amide bonds. The van der Waals surface area contributed by atoms with Crippen molar-refractivity contribution in [2.45, 2.75) is 25.9 Å². The van der Waals surface area contributed by atoms with Crippen molar-refractivity contribution in [1.82, 2.24) is 25.1 Å². The number of piperazine rings is 1. The van der Waals surface area contributed by atoms with Crippen molar-refractivity contribution < 1.29 is 17.9 Å². The maximum atomic E-state index is 13.5. The van der Waals surface area contributed by atoms with Gasteiger partial charge in [0.15, 0.2) is 11.3 Å². The maximum absolute atomic E-state index is 13.5. The number of anilines is 2. The summed E-state index contributed by atoms with van der Waals surface area (Å²) < 4.78 is 46.8. The monoisotopic (exact) mass is 523 g/mol. The molecule has 2 aliphatic heterocycles. The zero-order valence-electron chi connectivity index (χ0n) is 20.3. The molecule has 1 aromatic carbocycles. The fraction of sp³-hybridized carbons (Fsp3) is 0.542. The van der Waals surface area contributed by atoms with E-state index in [1.165, 1.54) is 6.33 Å². The SMILES string of the molecule is Cc1c(OCC2CCN(C)CC2)cc(Cl)cc1N1CCN(c2ncnc3n[nH]c(C(F)(F)F)c23)CC1. The summed E-state index contributed by atoms with van der Waals surface area (Å²) in [5, 5.41) is 6.31. The van der Waals surface area contributed by atoms with Crippen LogP contribution >= 0.6 is 11.6 Å². The molecule has 2 saturated heterocycles. The predicted octanol–water partition coefficient (Wildman–Crippen LogP) is 4.38. The first-order valence-electron chi connectivity index (χ1n) is 12.1. The molecule has 0 atom stereocenters. The van der Waals surface area contributed by atoms with Crippen LogP contribution in [0, 0.1) is 12.8 Å². The number of hydrogen-bond acceptors (Lipinski definition) is 7. The summed E-state index contributed by atoms with van der Waals surface area (Å²) in [5.41, 5.74) is 1.08. The molecule has 0 unspecified atom stereocenters. The minimum absolute atomic E-state index is 0.00633. The van der Waals surface area contributed by atoms with E-state index in [9.17, 15) is 13.2 Å². The number of halogens is 4. The molecule has 3 aromatic rings. The summed E-state index contributed by atoms with van der Waals surface area (Å²) >= 11 is 6.46. The topological polar surface area (TPSA) is 73.4 Å². The van der Waals surface area contributed by atoms with Gasteiger partial charge in [-0.25, -0.2) is 9.97 Å². The van der Waals surface area contributed by atoms with Crippen molar-refractivity contribution in [3.63, 3.8) is 0 Å². The number of alkyl halides is 3. The molecule has 12 heteroatoms. The van der Waals surface area contributed by atoms with Gasteiger partial charge in [-0.05, 0) is 58.0 Å². The van der Waals surface area contributed by atoms with Crippen molar-refractivity contribution in [2.24, 2.45) is 5.92 Å². The fourth-order valence-corrected chi connectivity index (χ4v) is 5.20. The molecule has 0 saturated carbocycles. The van der Waals surface area contributed by atoms with Crippen LogP contribution in [0.5, 0.6) is 5.75 Å². The van der Waals surface area contributed by atoms with E-state index in [1.54, 1.807) is 0 Å². The molecule has 2 aromatic heterocycles. The standard InChI is InChI=1S/C24H29ClF3N7O/c1-15-18(11-17(25)12-19(15)36-13-16-3-5-33(2)6-4-16)34-7-9-35(10-8-34)23-20-21(24(26,27)28)31-32-22(20)29-14-30-23/h11-12,14,16H,3-10,13H2,1-2H3,(H,29,30,31,32). The van der Waals surface area contributed by atoms with Gasteiger partial charge in [0, 0.05) is 42.5 Å². The second-order valence-electron chi connectivity index (χ2n) is 9.57. The molecule has 0 spiro atoms. The number of fused-ring (bicyclic) bond motifs is 1. The third-order valence-electron chi connectivity index (χ3n) is 7.14. The molecule has 1 N–H and O–H groups in total. The highest BCUT2D eigenvalue weighted by Crippen LogP contribution is 2.38. The van der Waals surface area contributed by atoms with E-state index in [2.05, 4.69) is 37.0 Å². The number of aromatic nitrogens is 4. The summed E-state index contributed by atoms with van der Waals surface area (Å²) in [4.78, 5) is 14.5. The number of rotatable bonds is 5. The number of H-pyrrole nitrogens is 1. The normalized spacial score (nSPS) is 18.3. The average Bonchev–Trinajstić information content (AvgIpc) is 3.31. The van der Waals surface area contributed by atoms with Gasteiger partial charge >= 0.3 is 6.18 Å². The number of ether oxygens (including phenoxy) is 1. The largest absolute Gasteiger partial charge is 0.493 e. The number of nitrogens with one attached hydrogen (secondary N) is 1.